The Morgan fingerprint density at radius 2 is 1.42 bits per heavy atom. The Hall–Kier alpha value is -2.49. The minimum absolute atomic E-state index is 0.147. The van der Waals surface area contributed by atoms with Gasteiger partial charge >= 0.3 is 5.97 Å². The first-order valence-electron chi connectivity index (χ1n) is 9.23. The predicted molar refractivity (Wildman–Crippen MR) is 103 cm³/mol. The highest BCUT2D eigenvalue weighted by Gasteiger charge is 2.10. The van der Waals surface area contributed by atoms with Crippen molar-refractivity contribution < 1.29 is 19.0 Å². The van der Waals surface area contributed by atoms with Crippen molar-refractivity contribution in [2.24, 2.45) is 5.92 Å². The molecule has 0 bridgehead atoms. The van der Waals surface area contributed by atoms with E-state index >= 15 is 0 Å². The van der Waals surface area contributed by atoms with E-state index < -0.39 is 5.97 Å². The van der Waals surface area contributed by atoms with E-state index in [-0.39, 0.29) is 6.10 Å². The van der Waals surface area contributed by atoms with E-state index in [4.69, 9.17) is 14.2 Å². The molecule has 0 spiro atoms. The lowest BCUT2D eigenvalue weighted by Gasteiger charge is -2.13. The molecule has 26 heavy (non-hydrogen) atoms. The second-order valence-corrected chi connectivity index (χ2v) is 6.55. The fourth-order valence-electron chi connectivity index (χ4n) is 2.11. The van der Waals surface area contributed by atoms with Gasteiger partial charge in [-0.2, -0.15) is 0 Å². The van der Waals surface area contributed by atoms with E-state index in [0.29, 0.717) is 23.8 Å². The SMILES string of the molecule is CC[C@H](C)COc1ccc(OC(=O)c2ccc(O[C@H](C)CC)cc2)cc1. The summed E-state index contributed by atoms with van der Waals surface area (Å²) in [6.45, 7) is 9.05. The number of carbonyl (C=O) groups is 1. The fraction of sp³-hybridized carbons (Fsp3) is 0.409. The van der Waals surface area contributed by atoms with Gasteiger partial charge in [0, 0.05) is 0 Å². The third kappa shape index (κ3) is 6.10. The maximum absolute atomic E-state index is 12.2. The van der Waals surface area contributed by atoms with Gasteiger partial charge in [-0.3, -0.25) is 0 Å². The molecule has 140 valence electrons. The number of hydrogen-bond donors (Lipinski definition) is 0. The van der Waals surface area contributed by atoms with Gasteiger partial charge in [0.25, 0.3) is 0 Å². The van der Waals surface area contributed by atoms with Crippen LogP contribution in [-0.4, -0.2) is 18.7 Å². The number of hydrogen-bond acceptors (Lipinski definition) is 4. The van der Waals surface area contributed by atoms with Crippen molar-refractivity contribution >= 4 is 5.97 Å². The molecule has 0 fully saturated rings. The number of esters is 1. The highest BCUT2D eigenvalue weighted by Crippen LogP contribution is 2.21. The molecule has 0 unspecified atom stereocenters. The Morgan fingerprint density at radius 3 is 2.00 bits per heavy atom. The zero-order valence-electron chi connectivity index (χ0n) is 16.0. The van der Waals surface area contributed by atoms with Gasteiger partial charge in [0.05, 0.1) is 18.3 Å². The topological polar surface area (TPSA) is 44.8 Å². The second-order valence-electron chi connectivity index (χ2n) is 6.55. The Labute approximate surface area is 156 Å². The zero-order valence-corrected chi connectivity index (χ0v) is 16.0. The first-order valence-corrected chi connectivity index (χ1v) is 9.23. The average Bonchev–Trinajstić information content (AvgIpc) is 2.67. The predicted octanol–water partition coefficient (Wildman–Crippen LogP) is 5.51. The summed E-state index contributed by atoms with van der Waals surface area (Å²) in [6.07, 6.45) is 2.16. The Balaban J connectivity index is 1.90. The van der Waals surface area contributed by atoms with Crippen LogP contribution in [0.1, 0.15) is 50.9 Å². The summed E-state index contributed by atoms with van der Waals surface area (Å²) in [5.74, 6) is 2.13. The number of rotatable bonds is 9. The van der Waals surface area contributed by atoms with E-state index in [9.17, 15) is 4.79 Å². The van der Waals surface area contributed by atoms with Gasteiger partial charge in [0.1, 0.15) is 17.2 Å². The first kappa shape index (κ1) is 19.8. The lowest BCUT2D eigenvalue weighted by atomic mass is 10.1. The van der Waals surface area contributed by atoms with E-state index in [1.807, 2.05) is 19.1 Å². The van der Waals surface area contributed by atoms with E-state index in [1.54, 1.807) is 36.4 Å². The van der Waals surface area contributed by atoms with Crippen molar-refractivity contribution in [3.05, 3.63) is 54.1 Å². The van der Waals surface area contributed by atoms with Crippen molar-refractivity contribution in [2.45, 2.75) is 46.6 Å². The van der Waals surface area contributed by atoms with Crippen molar-refractivity contribution in [1.29, 1.82) is 0 Å². The molecule has 0 saturated carbocycles. The third-order valence-corrected chi connectivity index (χ3v) is 4.27. The van der Waals surface area contributed by atoms with Crippen LogP contribution in [0, 0.1) is 5.92 Å². The Bertz CT molecular complexity index is 676. The van der Waals surface area contributed by atoms with Gasteiger partial charge in [0.15, 0.2) is 0 Å². The van der Waals surface area contributed by atoms with Crippen LogP contribution in [0.15, 0.2) is 48.5 Å². The van der Waals surface area contributed by atoms with Gasteiger partial charge in [-0.1, -0.05) is 27.2 Å². The van der Waals surface area contributed by atoms with Crippen LogP contribution in [0.4, 0.5) is 0 Å². The lowest BCUT2D eigenvalue weighted by molar-refractivity contribution is 0.0734. The highest BCUT2D eigenvalue weighted by molar-refractivity contribution is 5.91. The normalized spacial score (nSPS) is 12.9. The molecule has 0 saturated heterocycles. The molecule has 4 heteroatoms. The van der Waals surface area contributed by atoms with Crippen LogP contribution in [-0.2, 0) is 0 Å². The smallest absolute Gasteiger partial charge is 0.343 e. The highest BCUT2D eigenvalue weighted by atomic mass is 16.5. The van der Waals surface area contributed by atoms with Crippen molar-refractivity contribution in [2.75, 3.05) is 6.61 Å². The molecule has 0 aromatic heterocycles. The number of ether oxygens (including phenoxy) is 3. The number of benzene rings is 2. The van der Waals surface area contributed by atoms with E-state index in [0.717, 1.165) is 24.3 Å². The van der Waals surface area contributed by atoms with Crippen molar-refractivity contribution in [3.8, 4) is 17.2 Å². The van der Waals surface area contributed by atoms with Gasteiger partial charge < -0.3 is 14.2 Å². The Morgan fingerprint density at radius 1 is 0.846 bits per heavy atom. The lowest BCUT2D eigenvalue weighted by Crippen LogP contribution is -2.11. The molecule has 0 N–H and O–H groups in total. The van der Waals surface area contributed by atoms with Crippen LogP contribution in [0.3, 0.4) is 0 Å². The average molecular weight is 356 g/mol. The fourth-order valence-corrected chi connectivity index (χ4v) is 2.11. The van der Waals surface area contributed by atoms with Crippen LogP contribution >= 0.6 is 0 Å². The van der Waals surface area contributed by atoms with Gasteiger partial charge in [-0.05, 0) is 67.8 Å². The summed E-state index contributed by atoms with van der Waals surface area (Å²) in [6, 6.07) is 14.1. The molecular weight excluding hydrogens is 328 g/mol. The Kier molecular flexibility index (Phi) is 7.52. The summed E-state index contributed by atoms with van der Waals surface area (Å²) < 4.78 is 16.8. The molecule has 0 radical (unpaired) electrons. The molecular formula is C22H28O4. The minimum Gasteiger partial charge on any atom is -0.493 e. The largest absolute Gasteiger partial charge is 0.493 e. The third-order valence-electron chi connectivity index (χ3n) is 4.27. The molecule has 0 amide bonds. The quantitative estimate of drug-likeness (QED) is 0.439. The van der Waals surface area contributed by atoms with Crippen LogP contribution in [0.5, 0.6) is 17.2 Å². The number of carbonyl (C=O) groups excluding carboxylic acids is 1. The summed E-state index contributed by atoms with van der Waals surface area (Å²) >= 11 is 0. The van der Waals surface area contributed by atoms with Crippen LogP contribution in [0.25, 0.3) is 0 Å². The molecule has 0 aliphatic carbocycles. The molecule has 2 aromatic carbocycles. The van der Waals surface area contributed by atoms with Gasteiger partial charge in [-0.25, -0.2) is 4.79 Å². The van der Waals surface area contributed by atoms with Gasteiger partial charge in [-0.15, -0.1) is 0 Å². The molecule has 2 aromatic rings. The first-order chi connectivity index (χ1) is 12.5. The maximum atomic E-state index is 12.2. The summed E-state index contributed by atoms with van der Waals surface area (Å²) in [5, 5.41) is 0. The van der Waals surface area contributed by atoms with Crippen molar-refractivity contribution in [1.82, 2.24) is 0 Å². The zero-order chi connectivity index (χ0) is 18.9. The monoisotopic (exact) mass is 356 g/mol. The molecule has 2 atom stereocenters. The second kappa shape index (κ2) is 9.85. The molecule has 0 aliphatic rings. The molecule has 0 aliphatic heterocycles. The van der Waals surface area contributed by atoms with E-state index in [2.05, 4.69) is 20.8 Å². The van der Waals surface area contributed by atoms with Crippen LogP contribution < -0.4 is 14.2 Å². The molecule has 0 heterocycles. The maximum Gasteiger partial charge on any atom is 0.343 e. The van der Waals surface area contributed by atoms with Crippen LogP contribution in [0.2, 0.25) is 0 Å². The molecule has 2 rings (SSSR count). The minimum atomic E-state index is -0.395. The standard InChI is InChI=1S/C22H28O4/c1-5-16(3)15-24-19-11-13-21(14-12-19)26-22(23)18-7-9-20(10-8-18)25-17(4)6-2/h7-14,16-17H,5-6,15H2,1-4H3/t16-,17+/m0/s1. The van der Waals surface area contributed by atoms with Crippen molar-refractivity contribution in [3.63, 3.8) is 0 Å². The summed E-state index contributed by atoms with van der Waals surface area (Å²) in [5.41, 5.74) is 0.485. The van der Waals surface area contributed by atoms with E-state index in [1.165, 1.54) is 0 Å². The molecule has 4 nitrogen and oxygen atoms in total. The summed E-state index contributed by atoms with van der Waals surface area (Å²) in [4.78, 5) is 12.2. The van der Waals surface area contributed by atoms with Gasteiger partial charge in [0.2, 0.25) is 0 Å². The summed E-state index contributed by atoms with van der Waals surface area (Å²) in [7, 11) is 0.